The van der Waals surface area contributed by atoms with Crippen molar-refractivity contribution >= 4 is 40.6 Å². The number of carbonyl (C=O) groups is 3. The van der Waals surface area contributed by atoms with Gasteiger partial charge in [-0.1, -0.05) is 24.3 Å². The summed E-state index contributed by atoms with van der Waals surface area (Å²) in [4.78, 5) is 40.6. The highest BCUT2D eigenvalue weighted by Crippen LogP contribution is 2.36. The molecular weight excluding hydrogens is 432 g/mol. The number of imide groups is 1. The molecule has 0 bridgehead atoms. The molecule has 0 N–H and O–H groups in total. The molecule has 0 saturated carbocycles. The van der Waals surface area contributed by atoms with Crippen molar-refractivity contribution in [3.63, 3.8) is 0 Å². The molecule has 2 heterocycles. The molecule has 0 atom stereocenters. The molecule has 2 aliphatic heterocycles. The van der Waals surface area contributed by atoms with Gasteiger partial charge in [0.15, 0.2) is 18.1 Å². The molecule has 0 aliphatic carbocycles. The summed E-state index contributed by atoms with van der Waals surface area (Å²) in [6, 6.07) is 13.9. The molecular formula is C23H22N2O6S. The average molecular weight is 455 g/mol. The third kappa shape index (κ3) is 4.79. The second-order valence-electron chi connectivity index (χ2n) is 7.04. The fourth-order valence-corrected chi connectivity index (χ4v) is 4.20. The molecule has 2 aromatic carbocycles. The second kappa shape index (κ2) is 9.88. The van der Waals surface area contributed by atoms with Crippen molar-refractivity contribution in [2.24, 2.45) is 0 Å². The van der Waals surface area contributed by atoms with Crippen molar-refractivity contribution < 1.29 is 28.6 Å². The van der Waals surface area contributed by atoms with Crippen LogP contribution in [0.15, 0.2) is 53.4 Å². The minimum Gasteiger partial charge on any atom is -0.493 e. The minimum atomic E-state index is -0.374. The summed E-state index contributed by atoms with van der Waals surface area (Å²) in [6.45, 7) is 2.05. The van der Waals surface area contributed by atoms with E-state index in [2.05, 4.69) is 0 Å². The number of hydrogen-bond donors (Lipinski definition) is 0. The van der Waals surface area contributed by atoms with Gasteiger partial charge in [-0.15, -0.1) is 0 Å². The van der Waals surface area contributed by atoms with Gasteiger partial charge < -0.3 is 19.1 Å². The Morgan fingerprint density at radius 1 is 1.09 bits per heavy atom. The van der Waals surface area contributed by atoms with Crippen LogP contribution < -0.4 is 14.4 Å². The monoisotopic (exact) mass is 454 g/mol. The normalized spacial score (nSPS) is 17.7. The van der Waals surface area contributed by atoms with Gasteiger partial charge in [0.2, 0.25) is 0 Å². The number of hydrogen-bond acceptors (Lipinski definition) is 7. The topological polar surface area (TPSA) is 85.4 Å². The Labute approximate surface area is 189 Å². The summed E-state index contributed by atoms with van der Waals surface area (Å²) < 4.78 is 16.3. The lowest BCUT2D eigenvalue weighted by molar-refractivity contribution is -0.137. The Kier molecular flexibility index (Phi) is 6.77. The standard InChI is InChI=1S/C23H22N2O6S/c1-29-19-13-16(7-8-18(19)31-15-21(26)24-9-11-30-12-10-24)14-20-22(27)25(23(28)32-20)17-5-3-2-4-6-17/h2-8,13-14H,9-12,15H2,1H3/b20-14+. The second-order valence-corrected chi connectivity index (χ2v) is 8.04. The number of nitrogens with zero attached hydrogens (tertiary/aromatic N) is 2. The number of thioether (sulfide) groups is 1. The van der Waals surface area contributed by atoms with E-state index in [1.807, 2.05) is 6.07 Å². The fourth-order valence-electron chi connectivity index (χ4n) is 3.36. The quantitative estimate of drug-likeness (QED) is 0.620. The molecule has 4 rings (SSSR count). The van der Waals surface area contributed by atoms with Crippen molar-refractivity contribution in [3.8, 4) is 11.5 Å². The van der Waals surface area contributed by atoms with Crippen LogP contribution in [0.3, 0.4) is 0 Å². The van der Waals surface area contributed by atoms with E-state index in [1.54, 1.807) is 53.4 Å². The van der Waals surface area contributed by atoms with Gasteiger partial charge in [-0.25, -0.2) is 4.90 Å². The first-order valence-corrected chi connectivity index (χ1v) is 10.9. The highest BCUT2D eigenvalue weighted by atomic mass is 32.2. The lowest BCUT2D eigenvalue weighted by Crippen LogP contribution is -2.43. The number of benzene rings is 2. The zero-order valence-corrected chi connectivity index (χ0v) is 18.3. The van der Waals surface area contributed by atoms with Crippen molar-refractivity contribution in [2.45, 2.75) is 0 Å². The van der Waals surface area contributed by atoms with Gasteiger partial charge in [-0.05, 0) is 47.7 Å². The van der Waals surface area contributed by atoms with Gasteiger partial charge in [0.25, 0.3) is 17.1 Å². The first kappa shape index (κ1) is 21.9. The smallest absolute Gasteiger partial charge is 0.298 e. The third-order valence-electron chi connectivity index (χ3n) is 5.01. The molecule has 2 fully saturated rings. The SMILES string of the molecule is COc1cc(/C=C2/SC(=O)N(c3ccccc3)C2=O)ccc1OCC(=O)N1CCOCC1. The fraction of sp³-hybridized carbons (Fsp3) is 0.261. The number of rotatable bonds is 6. The van der Waals surface area contributed by atoms with Gasteiger partial charge >= 0.3 is 0 Å². The van der Waals surface area contributed by atoms with Crippen LogP contribution in [0.4, 0.5) is 10.5 Å². The molecule has 2 aliphatic rings. The van der Waals surface area contributed by atoms with E-state index in [1.165, 1.54) is 7.11 Å². The van der Waals surface area contributed by atoms with E-state index >= 15 is 0 Å². The number of anilines is 1. The molecule has 0 aromatic heterocycles. The number of para-hydroxylation sites is 1. The first-order valence-electron chi connectivity index (χ1n) is 10.1. The number of amides is 3. The van der Waals surface area contributed by atoms with E-state index in [4.69, 9.17) is 14.2 Å². The van der Waals surface area contributed by atoms with Crippen molar-refractivity contribution in [3.05, 3.63) is 59.0 Å². The number of morpholine rings is 1. The summed E-state index contributed by atoms with van der Waals surface area (Å²) in [6.07, 6.45) is 1.64. The van der Waals surface area contributed by atoms with E-state index < -0.39 is 0 Å². The van der Waals surface area contributed by atoms with Gasteiger partial charge in [-0.3, -0.25) is 14.4 Å². The molecule has 0 radical (unpaired) electrons. The molecule has 8 nitrogen and oxygen atoms in total. The summed E-state index contributed by atoms with van der Waals surface area (Å²) in [5.41, 5.74) is 1.21. The Morgan fingerprint density at radius 3 is 2.56 bits per heavy atom. The van der Waals surface area contributed by atoms with E-state index in [0.29, 0.717) is 54.0 Å². The van der Waals surface area contributed by atoms with Gasteiger partial charge in [-0.2, -0.15) is 0 Å². The lowest BCUT2D eigenvalue weighted by Gasteiger charge is -2.26. The maximum Gasteiger partial charge on any atom is 0.298 e. The summed E-state index contributed by atoms with van der Waals surface area (Å²) >= 11 is 0.885. The van der Waals surface area contributed by atoms with E-state index in [9.17, 15) is 14.4 Å². The predicted octanol–water partition coefficient (Wildman–Crippen LogP) is 3.17. The Bertz CT molecular complexity index is 1050. The molecule has 2 aromatic rings. The van der Waals surface area contributed by atoms with Crippen LogP contribution in [0.5, 0.6) is 11.5 Å². The lowest BCUT2D eigenvalue weighted by atomic mass is 10.2. The van der Waals surface area contributed by atoms with Crippen LogP contribution in [0, 0.1) is 0 Å². The zero-order valence-electron chi connectivity index (χ0n) is 17.5. The van der Waals surface area contributed by atoms with Crippen LogP contribution in [-0.2, 0) is 14.3 Å². The van der Waals surface area contributed by atoms with Gasteiger partial charge in [0.05, 0.1) is 30.9 Å². The summed E-state index contributed by atoms with van der Waals surface area (Å²) in [5.74, 6) is 0.357. The average Bonchev–Trinajstić information content (AvgIpc) is 3.11. The third-order valence-corrected chi connectivity index (χ3v) is 5.88. The Balaban J connectivity index is 1.46. The number of ether oxygens (including phenoxy) is 3. The predicted molar refractivity (Wildman–Crippen MR) is 121 cm³/mol. The van der Waals surface area contributed by atoms with Crippen LogP contribution in [-0.4, -0.2) is 62.0 Å². The minimum absolute atomic E-state index is 0.105. The number of carbonyl (C=O) groups excluding carboxylic acids is 3. The van der Waals surface area contributed by atoms with Crippen LogP contribution >= 0.6 is 11.8 Å². The maximum absolute atomic E-state index is 12.8. The summed E-state index contributed by atoms with van der Waals surface area (Å²) in [7, 11) is 1.50. The van der Waals surface area contributed by atoms with Crippen LogP contribution in [0.2, 0.25) is 0 Å². The summed E-state index contributed by atoms with van der Waals surface area (Å²) in [5, 5.41) is -0.346. The maximum atomic E-state index is 12.8. The molecule has 0 spiro atoms. The van der Waals surface area contributed by atoms with E-state index in [-0.39, 0.29) is 23.7 Å². The Hall–Kier alpha value is -3.30. The molecule has 9 heteroatoms. The molecule has 2 saturated heterocycles. The number of methoxy groups -OCH3 is 1. The Morgan fingerprint density at radius 2 is 1.84 bits per heavy atom. The van der Waals surface area contributed by atoms with E-state index in [0.717, 1.165) is 16.7 Å². The first-order chi connectivity index (χ1) is 15.6. The van der Waals surface area contributed by atoms with Gasteiger partial charge in [0, 0.05) is 13.1 Å². The zero-order chi connectivity index (χ0) is 22.5. The van der Waals surface area contributed by atoms with Crippen LogP contribution in [0.1, 0.15) is 5.56 Å². The molecule has 166 valence electrons. The highest BCUT2D eigenvalue weighted by molar-refractivity contribution is 8.19. The largest absolute Gasteiger partial charge is 0.493 e. The van der Waals surface area contributed by atoms with Crippen LogP contribution in [0.25, 0.3) is 6.08 Å². The van der Waals surface area contributed by atoms with Gasteiger partial charge in [0.1, 0.15) is 0 Å². The van der Waals surface area contributed by atoms with Crippen molar-refractivity contribution in [1.82, 2.24) is 4.90 Å². The van der Waals surface area contributed by atoms with Crippen molar-refractivity contribution in [1.29, 1.82) is 0 Å². The highest BCUT2D eigenvalue weighted by Gasteiger charge is 2.36. The molecule has 0 unspecified atom stereocenters. The molecule has 32 heavy (non-hydrogen) atoms. The van der Waals surface area contributed by atoms with Crippen molar-refractivity contribution in [2.75, 3.05) is 44.9 Å². The molecule has 3 amide bonds.